The molecule has 1 aromatic rings. The molecule has 1 spiro atoms. The highest BCUT2D eigenvalue weighted by Gasteiger charge is 2.46. The van der Waals surface area contributed by atoms with Gasteiger partial charge < -0.3 is 26.0 Å². The fourth-order valence-corrected chi connectivity index (χ4v) is 4.09. The number of fused-ring (bicyclic) bond motifs is 1. The summed E-state index contributed by atoms with van der Waals surface area (Å²) in [5.41, 5.74) is 7.49. The Morgan fingerprint density at radius 2 is 2.13 bits per heavy atom. The molecular formula is C15H16N6OS. The highest BCUT2D eigenvalue weighted by atomic mass is 32.2. The summed E-state index contributed by atoms with van der Waals surface area (Å²) in [6, 6.07) is 10.1. The highest BCUT2D eigenvalue weighted by molar-refractivity contribution is 8.01. The van der Waals surface area contributed by atoms with Crippen molar-refractivity contribution in [3.05, 3.63) is 35.7 Å². The van der Waals surface area contributed by atoms with E-state index >= 15 is 0 Å². The molecule has 3 aliphatic heterocycles. The van der Waals surface area contributed by atoms with Gasteiger partial charge in [-0.15, -0.1) is 0 Å². The summed E-state index contributed by atoms with van der Waals surface area (Å²) in [4.78, 5) is 7.07. The van der Waals surface area contributed by atoms with Gasteiger partial charge in [-0.3, -0.25) is 0 Å². The molecule has 1 fully saturated rings. The monoisotopic (exact) mass is 328 g/mol. The zero-order chi connectivity index (χ0) is 15.9. The molecule has 0 aliphatic carbocycles. The third-order valence-electron chi connectivity index (χ3n) is 3.99. The van der Waals surface area contributed by atoms with Crippen molar-refractivity contribution in [2.75, 3.05) is 31.6 Å². The number of thioether (sulfide) groups is 1. The molecule has 4 rings (SSSR count). The van der Waals surface area contributed by atoms with Crippen LogP contribution in [0.4, 0.5) is 5.69 Å². The summed E-state index contributed by atoms with van der Waals surface area (Å²) in [5.74, 6) is 1.02. The van der Waals surface area contributed by atoms with Crippen molar-refractivity contribution in [2.45, 2.75) is 9.89 Å². The number of aliphatic imine (C=N–C) groups is 1. The molecule has 4 N–H and O–H groups in total. The lowest BCUT2D eigenvalue weighted by molar-refractivity contribution is 0.0664. The molecule has 23 heavy (non-hydrogen) atoms. The van der Waals surface area contributed by atoms with Gasteiger partial charge >= 0.3 is 0 Å². The fraction of sp³-hybridized carbons (Fsp3) is 0.333. The first-order valence-electron chi connectivity index (χ1n) is 7.38. The Balaban J connectivity index is 1.74. The van der Waals surface area contributed by atoms with E-state index in [4.69, 9.17) is 15.5 Å². The number of rotatable bonds is 0. The molecule has 3 aliphatic rings. The SMILES string of the molecule is N#CC1=C(N)NC(N2CCOCC2)=NC12Nc1ccccc1S2. The molecule has 0 aromatic heterocycles. The van der Waals surface area contributed by atoms with E-state index in [0.29, 0.717) is 30.6 Å². The Hall–Kier alpha value is -2.37. The molecular weight excluding hydrogens is 312 g/mol. The Kier molecular flexibility index (Phi) is 3.32. The van der Waals surface area contributed by atoms with Crippen LogP contribution < -0.4 is 16.4 Å². The van der Waals surface area contributed by atoms with Gasteiger partial charge in [0.15, 0.2) is 0 Å². The Morgan fingerprint density at radius 3 is 2.87 bits per heavy atom. The predicted molar refractivity (Wildman–Crippen MR) is 88.4 cm³/mol. The molecule has 1 unspecified atom stereocenters. The molecule has 7 nitrogen and oxygen atoms in total. The van der Waals surface area contributed by atoms with E-state index in [0.717, 1.165) is 23.7 Å². The number of guanidine groups is 1. The average molecular weight is 328 g/mol. The van der Waals surface area contributed by atoms with Gasteiger partial charge in [0.25, 0.3) is 0 Å². The maximum atomic E-state index is 9.58. The second kappa shape index (κ2) is 5.37. The smallest absolute Gasteiger partial charge is 0.225 e. The lowest BCUT2D eigenvalue weighted by Crippen LogP contribution is -2.53. The van der Waals surface area contributed by atoms with Gasteiger partial charge in [0.2, 0.25) is 11.0 Å². The number of morpholine rings is 1. The van der Waals surface area contributed by atoms with E-state index in [2.05, 4.69) is 21.6 Å². The summed E-state index contributed by atoms with van der Waals surface area (Å²) < 4.78 is 5.39. The van der Waals surface area contributed by atoms with Crippen LogP contribution in [0, 0.1) is 11.3 Å². The minimum absolute atomic E-state index is 0.344. The van der Waals surface area contributed by atoms with Crippen molar-refractivity contribution in [3.63, 3.8) is 0 Å². The van der Waals surface area contributed by atoms with Crippen LogP contribution in [-0.2, 0) is 4.74 Å². The molecule has 3 heterocycles. The number of para-hydroxylation sites is 1. The van der Waals surface area contributed by atoms with Gasteiger partial charge in [0, 0.05) is 18.0 Å². The Morgan fingerprint density at radius 1 is 1.35 bits per heavy atom. The molecule has 1 atom stereocenters. The summed E-state index contributed by atoms with van der Waals surface area (Å²) in [7, 11) is 0. The molecule has 1 aromatic carbocycles. The number of anilines is 1. The van der Waals surface area contributed by atoms with E-state index in [-0.39, 0.29) is 0 Å². The standard InChI is InChI=1S/C15H16N6OS/c16-9-10-13(17)18-14(21-5-7-22-8-6-21)20-15(10)19-11-3-1-2-4-12(11)23-15/h1-4,19H,5-8,17H2,(H,18,20). The largest absolute Gasteiger partial charge is 0.384 e. The number of nitrogens with zero attached hydrogens (tertiary/aromatic N) is 3. The van der Waals surface area contributed by atoms with E-state index in [9.17, 15) is 5.26 Å². The van der Waals surface area contributed by atoms with Crippen LogP contribution >= 0.6 is 11.8 Å². The zero-order valence-electron chi connectivity index (χ0n) is 12.4. The maximum Gasteiger partial charge on any atom is 0.225 e. The summed E-state index contributed by atoms with van der Waals surface area (Å²) in [6.45, 7) is 2.80. The number of nitriles is 1. The van der Waals surface area contributed by atoms with Crippen LogP contribution in [0.15, 0.2) is 45.5 Å². The van der Waals surface area contributed by atoms with Crippen LogP contribution in [-0.4, -0.2) is 42.2 Å². The third kappa shape index (κ3) is 2.29. The van der Waals surface area contributed by atoms with Crippen molar-refractivity contribution in [1.82, 2.24) is 10.2 Å². The average Bonchev–Trinajstić information content (AvgIpc) is 2.93. The van der Waals surface area contributed by atoms with Gasteiger partial charge in [-0.2, -0.15) is 5.26 Å². The first kappa shape index (κ1) is 14.2. The van der Waals surface area contributed by atoms with Gasteiger partial charge in [-0.1, -0.05) is 23.9 Å². The van der Waals surface area contributed by atoms with Crippen molar-refractivity contribution >= 4 is 23.4 Å². The van der Waals surface area contributed by atoms with Crippen LogP contribution in [0.25, 0.3) is 0 Å². The number of nitrogens with two attached hydrogens (primary N) is 1. The normalized spacial score (nSPS) is 26.2. The first-order valence-corrected chi connectivity index (χ1v) is 8.20. The highest BCUT2D eigenvalue weighted by Crippen LogP contribution is 2.50. The number of hydrogen-bond donors (Lipinski definition) is 3. The predicted octanol–water partition coefficient (Wildman–Crippen LogP) is 0.843. The van der Waals surface area contributed by atoms with Gasteiger partial charge in [0.05, 0.1) is 18.9 Å². The molecule has 0 saturated carbocycles. The number of hydrogen-bond acceptors (Lipinski definition) is 8. The fourth-order valence-electron chi connectivity index (χ4n) is 2.85. The quantitative estimate of drug-likeness (QED) is 0.649. The molecule has 118 valence electrons. The van der Waals surface area contributed by atoms with Gasteiger partial charge in [-0.05, 0) is 12.1 Å². The minimum Gasteiger partial charge on any atom is -0.384 e. The second-order valence-electron chi connectivity index (χ2n) is 5.43. The van der Waals surface area contributed by atoms with E-state index in [1.54, 1.807) is 0 Å². The summed E-state index contributed by atoms with van der Waals surface area (Å²) in [6.07, 6.45) is 0. The molecule has 8 heteroatoms. The van der Waals surface area contributed by atoms with Crippen molar-refractivity contribution in [3.8, 4) is 6.07 Å². The van der Waals surface area contributed by atoms with Crippen molar-refractivity contribution < 1.29 is 4.74 Å². The first-order chi connectivity index (χ1) is 11.2. The number of ether oxygens (including phenoxy) is 1. The van der Waals surface area contributed by atoms with E-state index in [1.165, 1.54) is 11.8 Å². The number of benzene rings is 1. The van der Waals surface area contributed by atoms with Crippen LogP contribution in [0.3, 0.4) is 0 Å². The van der Waals surface area contributed by atoms with Gasteiger partial charge in [0.1, 0.15) is 17.5 Å². The van der Waals surface area contributed by atoms with Crippen LogP contribution in [0.2, 0.25) is 0 Å². The zero-order valence-corrected chi connectivity index (χ0v) is 13.2. The summed E-state index contributed by atoms with van der Waals surface area (Å²) >= 11 is 1.51. The second-order valence-corrected chi connectivity index (χ2v) is 6.66. The molecule has 0 radical (unpaired) electrons. The van der Waals surface area contributed by atoms with E-state index < -0.39 is 4.99 Å². The molecule has 0 bridgehead atoms. The minimum atomic E-state index is -0.901. The maximum absolute atomic E-state index is 9.58. The summed E-state index contributed by atoms with van der Waals surface area (Å²) in [5, 5.41) is 16.0. The molecule has 0 amide bonds. The van der Waals surface area contributed by atoms with Crippen LogP contribution in [0.1, 0.15) is 0 Å². The Bertz CT molecular complexity index is 722. The lowest BCUT2D eigenvalue weighted by atomic mass is 10.2. The van der Waals surface area contributed by atoms with Crippen molar-refractivity contribution in [1.29, 1.82) is 5.26 Å². The molecule has 1 saturated heterocycles. The number of nitrogens with one attached hydrogen (secondary N) is 2. The van der Waals surface area contributed by atoms with Crippen LogP contribution in [0.5, 0.6) is 0 Å². The lowest BCUT2D eigenvalue weighted by Gasteiger charge is -2.36. The van der Waals surface area contributed by atoms with Crippen molar-refractivity contribution in [2.24, 2.45) is 10.7 Å². The van der Waals surface area contributed by atoms with Gasteiger partial charge in [-0.25, -0.2) is 4.99 Å². The topological polar surface area (TPSA) is 98.7 Å². The Labute approximate surface area is 138 Å². The van der Waals surface area contributed by atoms with E-state index in [1.807, 2.05) is 24.3 Å². The third-order valence-corrected chi connectivity index (χ3v) is 5.26.